The summed E-state index contributed by atoms with van der Waals surface area (Å²) in [5, 5.41) is 2.22. The maximum Gasteiger partial charge on any atom is 0.0840 e. The number of hydrogen-bond acceptors (Lipinski definition) is 0. The standard InChI is InChI=1S/C19H35Si2/c1-10-21(11-2,12-3)20(19(7,8)9)18-16(5)13-15(4)14-17(18)6/h13-14H,10-12H2,1-9H3. The van der Waals surface area contributed by atoms with Gasteiger partial charge in [0.2, 0.25) is 0 Å². The van der Waals surface area contributed by atoms with Gasteiger partial charge in [0.25, 0.3) is 0 Å². The van der Waals surface area contributed by atoms with Crippen LogP contribution in [0, 0.1) is 20.8 Å². The first-order chi connectivity index (χ1) is 9.62. The van der Waals surface area contributed by atoms with Crippen molar-refractivity contribution in [1.82, 2.24) is 0 Å². The number of benzene rings is 1. The summed E-state index contributed by atoms with van der Waals surface area (Å²) in [4.78, 5) is 0. The summed E-state index contributed by atoms with van der Waals surface area (Å²) in [6.45, 7) is 21.8. The largest absolute Gasteiger partial charge is 0.0840 e. The monoisotopic (exact) mass is 319 g/mol. The molecule has 0 unspecified atom stereocenters. The third-order valence-electron chi connectivity index (χ3n) is 5.24. The van der Waals surface area contributed by atoms with E-state index in [9.17, 15) is 0 Å². The summed E-state index contributed by atoms with van der Waals surface area (Å²) < 4.78 is 0. The molecule has 0 saturated heterocycles. The minimum Gasteiger partial charge on any atom is -0.0680 e. The Morgan fingerprint density at radius 2 is 1.24 bits per heavy atom. The van der Waals surface area contributed by atoms with E-state index in [4.69, 9.17) is 0 Å². The van der Waals surface area contributed by atoms with Gasteiger partial charge in [-0.05, 0) is 25.8 Å². The second-order valence-corrected chi connectivity index (χ2v) is 19.9. The summed E-state index contributed by atoms with van der Waals surface area (Å²) in [5.74, 6) is 0. The topological polar surface area (TPSA) is 0 Å². The molecule has 0 atom stereocenters. The van der Waals surface area contributed by atoms with Gasteiger partial charge in [-0.2, -0.15) is 0 Å². The second-order valence-electron chi connectivity index (χ2n) is 7.74. The molecule has 119 valence electrons. The summed E-state index contributed by atoms with van der Waals surface area (Å²) >= 11 is 0. The number of hydrogen-bond donors (Lipinski definition) is 0. The first-order valence-electron chi connectivity index (χ1n) is 8.59. The Bertz CT molecular complexity index is 448. The third-order valence-corrected chi connectivity index (χ3v) is 22.5. The summed E-state index contributed by atoms with van der Waals surface area (Å²) in [7, 11) is -1.73. The second kappa shape index (κ2) is 6.83. The number of aryl methyl sites for hydroxylation is 3. The molecular formula is C19H35Si2. The van der Waals surface area contributed by atoms with Crippen LogP contribution >= 0.6 is 0 Å². The molecular weight excluding hydrogens is 284 g/mol. The Morgan fingerprint density at radius 1 is 0.857 bits per heavy atom. The van der Waals surface area contributed by atoms with Crippen LogP contribution in [0.1, 0.15) is 58.2 Å². The zero-order valence-electron chi connectivity index (χ0n) is 15.8. The Labute approximate surface area is 135 Å². The molecule has 0 bridgehead atoms. The minimum absolute atomic E-state index is 0.448. The predicted molar refractivity (Wildman–Crippen MR) is 103 cm³/mol. The van der Waals surface area contributed by atoms with Crippen molar-refractivity contribution in [3.8, 4) is 0 Å². The van der Waals surface area contributed by atoms with Gasteiger partial charge >= 0.3 is 0 Å². The maximum absolute atomic E-state index is 2.50. The van der Waals surface area contributed by atoms with Gasteiger partial charge in [0.1, 0.15) is 0 Å². The van der Waals surface area contributed by atoms with Crippen LogP contribution in [0.15, 0.2) is 12.1 Å². The maximum atomic E-state index is 2.50. The molecule has 0 heterocycles. The molecule has 1 aromatic carbocycles. The van der Waals surface area contributed by atoms with E-state index >= 15 is 0 Å². The Morgan fingerprint density at radius 3 is 1.52 bits per heavy atom. The highest BCUT2D eigenvalue weighted by Gasteiger charge is 2.46. The average molecular weight is 320 g/mol. The van der Waals surface area contributed by atoms with E-state index in [0.29, 0.717) is 5.04 Å². The van der Waals surface area contributed by atoms with Crippen LogP contribution in [0.2, 0.25) is 23.2 Å². The Hall–Kier alpha value is -0.346. The minimum atomic E-state index is -1.20. The van der Waals surface area contributed by atoms with Crippen molar-refractivity contribution in [2.75, 3.05) is 0 Å². The van der Waals surface area contributed by atoms with Crippen molar-refractivity contribution in [2.24, 2.45) is 0 Å². The smallest absolute Gasteiger partial charge is 0.0680 e. The molecule has 2 heteroatoms. The van der Waals surface area contributed by atoms with Crippen LogP contribution < -0.4 is 5.19 Å². The molecule has 0 nitrogen and oxygen atoms in total. The van der Waals surface area contributed by atoms with E-state index in [2.05, 4.69) is 74.4 Å². The molecule has 1 rings (SSSR count). The van der Waals surface area contributed by atoms with E-state index < -0.39 is 15.9 Å². The summed E-state index contributed by atoms with van der Waals surface area (Å²) in [5.41, 5.74) is 4.54. The normalized spacial score (nSPS) is 13.0. The van der Waals surface area contributed by atoms with Crippen LogP contribution in [-0.2, 0) is 0 Å². The molecule has 0 aromatic heterocycles. The zero-order chi connectivity index (χ0) is 16.4. The van der Waals surface area contributed by atoms with Crippen LogP contribution in [0.3, 0.4) is 0 Å². The summed E-state index contributed by atoms with van der Waals surface area (Å²) in [6, 6.07) is 9.16. The molecule has 0 aliphatic heterocycles. The predicted octanol–water partition coefficient (Wildman–Crippen LogP) is 5.70. The van der Waals surface area contributed by atoms with Crippen LogP contribution in [0.25, 0.3) is 0 Å². The fourth-order valence-corrected chi connectivity index (χ4v) is 21.4. The lowest BCUT2D eigenvalue weighted by molar-refractivity contribution is 0.750. The van der Waals surface area contributed by atoms with E-state index in [1.165, 1.54) is 23.7 Å². The Kier molecular flexibility index (Phi) is 6.08. The van der Waals surface area contributed by atoms with E-state index in [0.717, 1.165) is 0 Å². The molecule has 0 amide bonds. The molecule has 0 fully saturated rings. The fraction of sp³-hybridized carbons (Fsp3) is 0.684. The lowest BCUT2D eigenvalue weighted by Gasteiger charge is -2.45. The fourth-order valence-electron chi connectivity index (χ4n) is 4.29. The molecule has 0 spiro atoms. The van der Waals surface area contributed by atoms with Gasteiger partial charge in [-0.1, -0.05) is 93.7 Å². The van der Waals surface area contributed by atoms with E-state index in [-0.39, 0.29) is 0 Å². The van der Waals surface area contributed by atoms with Crippen molar-refractivity contribution in [1.29, 1.82) is 0 Å². The van der Waals surface area contributed by atoms with Gasteiger partial charge in [0.05, 0.1) is 15.9 Å². The first kappa shape index (κ1) is 18.7. The van der Waals surface area contributed by atoms with Crippen molar-refractivity contribution >= 4 is 21.1 Å². The lowest BCUT2D eigenvalue weighted by atomic mass is 10.1. The third kappa shape index (κ3) is 3.71. The van der Waals surface area contributed by atoms with Gasteiger partial charge in [0, 0.05) is 0 Å². The van der Waals surface area contributed by atoms with E-state index in [1.54, 1.807) is 16.3 Å². The van der Waals surface area contributed by atoms with Gasteiger partial charge in [0.15, 0.2) is 0 Å². The molecule has 0 aliphatic rings. The first-order valence-corrected chi connectivity index (χ1v) is 13.7. The summed E-state index contributed by atoms with van der Waals surface area (Å²) in [6.07, 6.45) is 0. The van der Waals surface area contributed by atoms with Crippen molar-refractivity contribution in [2.45, 2.75) is 85.5 Å². The highest BCUT2D eigenvalue weighted by Crippen LogP contribution is 2.38. The van der Waals surface area contributed by atoms with Crippen molar-refractivity contribution in [3.63, 3.8) is 0 Å². The van der Waals surface area contributed by atoms with Crippen molar-refractivity contribution in [3.05, 3.63) is 28.8 Å². The quantitative estimate of drug-likeness (QED) is 0.611. The van der Waals surface area contributed by atoms with Gasteiger partial charge in [-0.15, -0.1) is 0 Å². The van der Waals surface area contributed by atoms with E-state index in [1.807, 2.05) is 0 Å². The molecule has 1 aromatic rings. The molecule has 1 radical (unpaired) electrons. The van der Waals surface area contributed by atoms with Gasteiger partial charge < -0.3 is 0 Å². The van der Waals surface area contributed by atoms with Crippen LogP contribution in [-0.4, -0.2) is 15.9 Å². The van der Waals surface area contributed by atoms with Crippen LogP contribution in [0.5, 0.6) is 0 Å². The number of rotatable bonds is 5. The average Bonchev–Trinajstić information content (AvgIpc) is 2.37. The lowest BCUT2D eigenvalue weighted by Crippen LogP contribution is -2.62. The molecule has 0 aliphatic carbocycles. The van der Waals surface area contributed by atoms with Crippen molar-refractivity contribution < 1.29 is 0 Å². The molecule has 21 heavy (non-hydrogen) atoms. The highest BCUT2D eigenvalue weighted by atomic mass is 29.2. The zero-order valence-corrected chi connectivity index (χ0v) is 17.8. The molecule has 0 N–H and O–H groups in total. The SMILES string of the molecule is CC[Si](CC)(CC)[Si](c1c(C)cc(C)cc1C)C(C)(C)C. The molecule has 0 saturated carbocycles. The van der Waals surface area contributed by atoms with Gasteiger partial charge in [-0.25, -0.2) is 0 Å². The highest BCUT2D eigenvalue weighted by molar-refractivity contribution is 7.38. The Balaban J connectivity index is 3.62. The van der Waals surface area contributed by atoms with Gasteiger partial charge in [-0.3, -0.25) is 0 Å². The van der Waals surface area contributed by atoms with Crippen LogP contribution in [0.4, 0.5) is 0 Å².